The Hall–Kier alpha value is -0.930. The number of nitrogens with one attached hydrogen (secondary N) is 1. The number of nitrogens with zero attached hydrogens (tertiary/aromatic N) is 1. The van der Waals surface area contributed by atoms with Crippen LogP contribution in [0.5, 0.6) is 0 Å². The van der Waals surface area contributed by atoms with E-state index in [0.29, 0.717) is 6.04 Å². The van der Waals surface area contributed by atoms with Gasteiger partial charge >= 0.3 is 0 Å². The molecule has 16 heavy (non-hydrogen) atoms. The number of hydrogen-bond donors (Lipinski definition) is 1. The molecule has 1 aromatic rings. The smallest absolute Gasteiger partial charge is 0.127 e. The molecule has 0 aromatic heterocycles. The summed E-state index contributed by atoms with van der Waals surface area (Å²) in [5.41, 5.74) is 0.808. The molecule has 88 valence electrons. The van der Waals surface area contributed by atoms with Gasteiger partial charge in [0.15, 0.2) is 0 Å². The lowest BCUT2D eigenvalue weighted by Crippen LogP contribution is -2.57. The maximum Gasteiger partial charge on any atom is 0.127 e. The van der Waals surface area contributed by atoms with E-state index in [0.717, 1.165) is 38.2 Å². The lowest BCUT2D eigenvalue weighted by Gasteiger charge is -2.38. The first-order valence-electron chi connectivity index (χ1n) is 5.99. The minimum absolute atomic E-state index is 0.0871. The van der Waals surface area contributed by atoms with Gasteiger partial charge in [-0.05, 0) is 19.0 Å². The fourth-order valence-electron chi connectivity index (χ4n) is 2.06. The molecule has 1 aliphatic rings. The highest BCUT2D eigenvalue weighted by atomic mass is 19.1. The van der Waals surface area contributed by atoms with Crippen LogP contribution in [-0.2, 0) is 6.54 Å². The van der Waals surface area contributed by atoms with Gasteiger partial charge in [0.05, 0.1) is 0 Å². The molecule has 0 spiro atoms. The van der Waals surface area contributed by atoms with Crippen LogP contribution in [0.25, 0.3) is 0 Å². The third-order valence-corrected chi connectivity index (χ3v) is 3.12. The average molecular weight is 222 g/mol. The number of rotatable bonds is 5. The molecule has 1 fully saturated rings. The van der Waals surface area contributed by atoms with E-state index in [1.54, 1.807) is 12.1 Å². The van der Waals surface area contributed by atoms with E-state index in [-0.39, 0.29) is 5.82 Å². The van der Waals surface area contributed by atoms with Crippen molar-refractivity contribution < 1.29 is 4.39 Å². The fraction of sp³-hybridized carbons (Fsp3) is 0.538. The van der Waals surface area contributed by atoms with Crippen LogP contribution in [0.4, 0.5) is 4.39 Å². The van der Waals surface area contributed by atoms with Gasteiger partial charge < -0.3 is 5.32 Å². The molecule has 2 rings (SSSR count). The SMILES string of the molecule is CCCN(Cc1ccccc1F)C1CNC1. The largest absolute Gasteiger partial charge is 0.314 e. The van der Waals surface area contributed by atoms with E-state index in [4.69, 9.17) is 0 Å². The third-order valence-electron chi connectivity index (χ3n) is 3.12. The third kappa shape index (κ3) is 2.60. The zero-order valence-corrected chi connectivity index (χ0v) is 9.75. The predicted molar refractivity (Wildman–Crippen MR) is 63.8 cm³/mol. The molecule has 1 saturated heterocycles. The highest BCUT2D eigenvalue weighted by molar-refractivity contribution is 5.17. The lowest BCUT2D eigenvalue weighted by molar-refractivity contribution is 0.136. The van der Waals surface area contributed by atoms with Gasteiger partial charge in [-0.2, -0.15) is 0 Å². The Morgan fingerprint density at radius 1 is 1.38 bits per heavy atom. The van der Waals surface area contributed by atoms with Crippen LogP contribution in [0.2, 0.25) is 0 Å². The topological polar surface area (TPSA) is 15.3 Å². The number of halogens is 1. The Morgan fingerprint density at radius 2 is 2.12 bits per heavy atom. The van der Waals surface area contributed by atoms with E-state index in [1.165, 1.54) is 0 Å². The van der Waals surface area contributed by atoms with Crippen molar-refractivity contribution in [2.75, 3.05) is 19.6 Å². The molecule has 1 N–H and O–H groups in total. The van der Waals surface area contributed by atoms with Crippen LogP contribution >= 0.6 is 0 Å². The van der Waals surface area contributed by atoms with Crippen LogP contribution in [0, 0.1) is 5.82 Å². The standard InChI is InChI=1S/C13H19FN2/c1-2-7-16(12-8-15-9-12)10-11-5-3-4-6-13(11)14/h3-6,12,15H,2,7-10H2,1H3. The quantitative estimate of drug-likeness (QED) is 0.820. The van der Waals surface area contributed by atoms with Crippen molar-refractivity contribution in [3.05, 3.63) is 35.6 Å². The van der Waals surface area contributed by atoms with Gasteiger partial charge in [0, 0.05) is 31.2 Å². The second-order valence-electron chi connectivity index (χ2n) is 4.37. The second-order valence-corrected chi connectivity index (χ2v) is 4.37. The Labute approximate surface area is 96.5 Å². The summed E-state index contributed by atoms with van der Waals surface area (Å²) in [7, 11) is 0. The maximum atomic E-state index is 13.5. The maximum absolute atomic E-state index is 13.5. The molecule has 0 bridgehead atoms. The fourth-order valence-corrected chi connectivity index (χ4v) is 2.06. The molecular weight excluding hydrogens is 203 g/mol. The monoisotopic (exact) mass is 222 g/mol. The van der Waals surface area contributed by atoms with Crippen LogP contribution < -0.4 is 5.32 Å². The summed E-state index contributed by atoms with van der Waals surface area (Å²) in [4.78, 5) is 2.37. The van der Waals surface area contributed by atoms with Crippen molar-refractivity contribution in [3.8, 4) is 0 Å². The number of benzene rings is 1. The molecule has 0 saturated carbocycles. The Balaban J connectivity index is 2.01. The lowest BCUT2D eigenvalue weighted by atomic mass is 10.1. The first kappa shape index (κ1) is 11.6. The summed E-state index contributed by atoms with van der Waals surface area (Å²) in [6.07, 6.45) is 1.12. The van der Waals surface area contributed by atoms with Crippen molar-refractivity contribution in [1.29, 1.82) is 0 Å². The first-order valence-corrected chi connectivity index (χ1v) is 5.99. The van der Waals surface area contributed by atoms with Crippen molar-refractivity contribution in [3.63, 3.8) is 0 Å². The van der Waals surface area contributed by atoms with Crippen molar-refractivity contribution in [1.82, 2.24) is 10.2 Å². The van der Waals surface area contributed by atoms with Crippen LogP contribution in [-0.4, -0.2) is 30.6 Å². The van der Waals surface area contributed by atoms with Gasteiger partial charge in [-0.3, -0.25) is 4.90 Å². The summed E-state index contributed by atoms with van der Waals surface area (Å²) < 4.78 is 13.5. The summed E-state index contributed by atoms with van der Waals surface area (Å²) in [5.74, 6) is -0.0871. The van der Waals surface area contributed by atoms with Gasteiger partial charge in [-0.1, -0.05) is 25.1 Å². The normalized spacial score (nSPS) is 16.4. The zero-order valence-electron chi connectivity index (χ0n) is 9.75. The van der Waals surface area contributed by atoms with E-state index in [1.807, 2.05) is 12.1 Å². The molecule has 0 unspecified atom stereocenters. The van der Waals surface area contributed by atoms with Gasteiger partial charge in [0.1, 0.15) is 5.82 Å². The Bertz CT molecular complexity index is 336. The highest BCUT2D eigenvalue weighted by Crippen LogP contribution is 2.14. The molecule has 2 nitrogen and oxygen atoms in total. The minimum atomic E-state index is -0.0871. The van der Waals surface area contributed by atoms with Crippen LogP contribution in [0.15, 0.2) is 24.3 Å². The Morgan fingerprint density at radius 3 is 2.69 bits per heavy atom. The second kappa shape index (κ2) is 5.41. The van der Waals surface area contributed by atoms with Crippen LogP contribution in [0.1, 0.15) is 18.9 Å². The minimum Gasteiger partial charge on any atom is -0.314 e. The predicted octanol–water partition coefficient (Wildman–Crippen LogP) is 2.01. The molecule has 0 radical (unpaired) electrons. The number of hydrogen-bond acceptors (Lipinski definition) is 2. The van der Waals surface area contributed by atoms with Crippen LogP contribution in [0.3, 0.4) is 0 Å². The van der Waals surface area contributed by atoms with Gasteiger partial charge in [0.25, 0.3) is 0 Å². The molecule has 1 heterocycles. The molecule has 1 aromatic carbocycles. The summed E-state index contributed by atoms with van der Waals surface area (Å²) >= 11 is 0. The van der Waals surface area contributed by atoms with Gasteiger partial charge in [-0.15, -0.1) is 0 Å². The molecule has 3 heteroatoms. The molecule has 1 aliphatic heterocycles. The molecular formula is C13H19FN2. The first-order chi connectivity index (χ1) is 7.81. The summed E-state index contributed by atoms with van der Waals surface area (Å²) in [6, 6.07) is 7.65. The van der Waals surface area contributed by atoms with E-state index < -0.39 is 0 Å². The van der Waals surface area contributed by atoms with Crippen molar-refractivity contribution in [2.24, 2.45) is 0 Å². The van der Waals surface area contributed by atoms with Crippen molar-refractivity contribution >= 4 is 0 Å². The highest BCUT2D eigenvalue weighted by Gasteiger charge is 2.24. The zero-order chi connectivity index (χ0) is 11.4. The van der Waals surface area contributed by atoms with E-state index in [9.17, 15) is 4.39 Å². The molecule has 0 aliphatic carbocycles. The molecule has 0 atom stereocenters. The van der Waals surface area contributed by atoms with Gasteiger partial charge in [-0.25, -0.2) is 4.39 Å². The molecule has 0 amide bonds. The Kier molecular flexibility index (Phi) is 3.91. The van der Waals surface area contributed by atoms with Gasteiger partial charge in [0.2, 0.25) is 0 Å². The van der Waals surface area contributed by atoms with E-state index >= 15 is 0 Å². The van der Waals surface area contributed by atoms with E-state index in [2.05, 4.69) is 17.1 Å². The summed E-state index contributed by atoms with van der Waals surface area (Å²) in [5, 5.41) is 3.27. The average Bonchev–Trinajstić information content (AvgIpc) is 2.19. The van der Waals surface area contributed by atoms with Crippen molar-refractivity contribution in [2.45, 2.75) is 25.9 Å². The summed E-state index contributed by atoms with van der Waals surface area (Å²) in [6.45, 7) is 6.01.